The first kappa shape index (κ1) is 15.9. The highest BCUT2D eigenvalue weighted by molar-refractivity contribution is 7.89. The van der Waals surface area contributed by atoms with Gasteiger partial charge in [-0.25, -0.2) is 8.42 Å². The minimum Gasteiger partial charge on any atom is -0.313 e. The van der Waals surface area contributed by atoms with Crippen molar-refractivity contribution in [2.75, 3.05) is 18.8 Å². The summed E-state index contributed by atoms with van der Waals surface area (Å²) in [6.45, 7) is 7.42. The average molecular weight is 276 g/mol. The molecule has 1 atom stereocenters. The van der Waals surface area contributed by atoms with Gasteiger partial charge in [0.15, 0.2) is 0 Å². The third-order valence-corrected chi connectivity index (χ3v) is 5.48. The molecule has 0 aromatic rings. The van der Waals surface area contributed by atoms with E-state index in [1.165, 1.54) is 0 Å². The third-order valence-electron chi connectivity index (χ3n) is 3.56. The summed E-state index contributed by atoms with van der Waals surface area (Å²) in [6, 6.07) is 0.558. The fourth-order valence-corrected chi connectivity index (χ4v) is 4.25. The van der Waals surface area contributed by atoms with Crippen LogP contribution in [0.25, 0.3) is 0 Å². The molecule has 108 valence electrons. The first-order chi connectivity index (χ1) is 8.47. The number of nitrogens with one attached hydrogen (secondary N) is 1. The van der Waals surface area contributed by atoms with Gasteiger partial charge in [0.1, 0.15) is 0 Å². The Kier molecular flexibility index (Phi) is 6.60. The highest BCUT2D eigenvalue weighted by atomic mass is 32.2. The van der Waals surface area contributed by atoms with Gasteiger partial charge in [-0.05, 0) is 19.3 Å². The Labute approximate surface area is 112 Å². The van der Waals surface area contributed by atoms with Crippen LogP contribution >= 0.6 is 0 Å². The molecule has 1 saturated heterocycles. The van der Waals surface area contributed by atoms with Gasteiger partial charge in [-0.1, -0.05) is 33.6 Å². The lowest BCUT2D eigenvalue weighted by Gasteiger charge is -2.28. The largest absolute Gasteiger partial charge is 0.313 e. The molecule has 5 heteroatoms. The Morgan fingerprint density at radius 1 is 1.28 bits per heavy atom. The van der Waals surface area contributed by atoms with E-state index in [-0.39, 0.29) is 11.8 Å². The quantitative estimate of drug-likeness (QED) is 0.807. The Morgan fingerprint density at radius 3 is 2.61 bits per heavy atom. The predicted octanol–water partition coefficient (Wildman–Crippen LogP) is 1.97. The molecule has 1 rings (SSSR count). The lowest BCUT2D eigenvalue weighted by atomic mass is 10.1. The molecule has 0 saturated carbocycles. The number of hydrogen-bond donors (Lipinski definition) is 1. The molecule has 4 nitrogen and oxygen atoms in total. The predicted molar refractivity (Wildman–Crippen MR) is 76.2 cm³/mol. The Balaban J connectivity index is 2.62. The molecule has 1 fully saturated rings. The van der Waals surface area contributed by atoms with E-state index >= 15 is 0 Å². The van der Waals surface area contributed by atoms with Crippen LogP contribution in [0.1, 0.15) is 52.9 Å². The van der Waals surface area contributed by atoms with E-state index in [9.17, 15) is 8.42 Å². The van der Waals surface area contributed by atoms with Crippen LogP contribution in [-0.2, 0) is 10.0 Å². The second-order valence-corrected chi connectivity index (χ2v) is 7.49. The molecule has 1 N–H and O–H groups in total. The van der Waals surface area contributed by atoms with Crippen molar-refractivity contribution in [3.63, 3.8) is 0 Å². The summed E-state index contributed by atoms with van der Waals surface area (Å²) in [4.78, 5) is 0. The summed E-state index contributed by atoms with van der Waals surface area (Å²) < 4.78 is 26.5. The first-order valence-electron chi connectivity index (χ1n) is 7.20. The zero-order valence-corrected chi connectivity index (χ0v) is 12.8. The standard InChI is InChI=1S/C13H28N2O2S/c1-4-13-8-6-5-7-10-15(13)18(16,17)11-9-14-12(2)3/h12-14H,4-11H2,1-3H3. The number of rotatable bonds is 6. The van der Waals surface area contributed by atoms with Crippen molar-refractivity contribution >= 4 is 10.0 Å². The van der Waals surface area contributed by atoms with Gasteiger partial charge in [-0.2, -0.15) is 4.31 Å². The van der Waals surface area contributed by atoms with Crippen LogP contribution < -0.4 is 5.32 Å². The van der Waals surface area contributed by atoms with Crippen LogP contribution in [0.5, 0.6) is 0 Å². The molecular formula is C13H28N2O2S. The van der Waals surface area contributed by atoms with E-state index in [4.69, 9.17) is 0 Å². The van der Waals surface area contributed by atoms with E-state index in [1.807, 2.05) is 13.8 Å². The molecule has 0 radical (unpaired) electrons. The van der Waals surface area contributed by atoms with Crippen molar-refractivity contribution < 1.29 is 8.42 Å². The maximum absolute atomic E-state index is 12.4. The summed E-state index contributed by atoms with van der Waals surface area (Å²) in [5.41, 5.74) is 0. The fourth-order valence-electron chi connectivity index (χ4n) is 2.52. The Morgan fingerprint density at radius 2 is 2.00 bits per heavy atom. The molecule has 0 aliphatic carbocycles. The van der Waals surface area contributed by atoms with Gasteiger partial charge >= 0.3 is 0 Å². The molecule has 1 unspecified atom stereocenters. The second-order valence-electron chi connectivity index (χ2n) is 5.45. The number of nitrogens with zero attached hydrogens (tertiary/aromatic N) is 1. The highest BCUT2D eigenvalue weighted by Crippen LogP contribution is 2.22. The summed E-state index contributed by atoms with van der Waals surface area (Å²) in [6.07, 6.45) is 5.28. The molecule has 1 heterocycles. The maximum atomic E-state index is 12.4. The van der Waals surface area contributed by atoms with Crippen molar-refractivity contribution in [1.29, 1.82) is 0 Å². The van der Waals surface area contributed by atoms with E-state index < -0.39 is 10.0 Å². The molecule has 0 spiro atoms. The summed E-state index contributed by atoms with van der Waals surface area (Å²) in [5.74, 6) is 0.224. The minimum absolute atomic E-state index is 0.219. The molecule has 0 aromatic heterocycles. The molecule has 0 amide bonds. The average Bonchev–Trinajstić information content (AvgIpc) is 2.53. The van der Waals surface area contributed by atoms with E-state index in [2.05, 4.69) is 12.2 Å². The van der Waals surface area contributed by atoms with Crippen molar-refractivity contribution in [1.82, 2.24) is 9.62 Å². The molecular weight excluding hydrogens is 248 g/mol. The lowest BCUT2D eigenvalue weighted by Crippen LogP contribution is -2.43. The Bertz CT molecular complexity index is 328. The number of sulfonamides is 1. The van der Waals surface area contributed by atoms with Gasteiger partial charge in [-0.3, -0.25) is 0 Å². The van der Waals surface area contributed by atoms with Gasteiger partial charge in [0, 0.05) is 25.2 Å². The van der Waals surface area contributed by atoms with Crippen molar-refractivity contribution in [2.45, 2.75) is 65.0 Å². The van der Waals surface area contributed by atoms with Crippen molar-refractivity contribution in [3.05, 3.63) is 0 Å². The van der Waals surface area contributed by atoms with Crippen molar-refractivity contribution in [3.8, 4) is 0 Å². The van der Waals surface area contributed by atoms with E-state index in [0.29, 0.717) is 19.1 Å². The van der Waals surface area contributed by atoms with Gasteiger partial charge in [0.25, 0.3) is 0 Å². The topological polar surface area (TPSA) is 49.4 Å². The van der Waals surface area contributed by atoms with E-state index in [0.717, 1.165) is 32.1 Å². The van der Waals surface area contributed by atoms with E-state index in [1.54, 1.807) is 4.31 Å². The second kappa shape index (κ2) is 7.46. The van der Waals surface area contributed by atoms with Gasteiger partial charge in [-0.15, -0.1) is 0 Å². The molecule has 0 bridgehead atoms. The molecule has 0 aromatic carbocycles. The number of hydrogen-bond acceptors (Lipinski definition) is 3. The molecule has 1 aliphatic rings. The summed E-state index contributed by atoms with van der Waals surface area (Å²) in [7, 11) is -3.09. The van der Waals surface area contributed by atoms with Gasteiger partial charge in [0.05, 0.1) is 5.75 Å². The zero-order valence-electron chi connectivity index (χ0n) is 12.0. The highest BCUT2D eigenvalue weighted by Gasteiger charge is 2.29. The summed E-state index contributed by atoms with van der Waals surface area (Å²) >= 11 is 0. The normalized spacial score (nSPS) is 23.2. The molecule has 1 aliphatic heterocycles. The van der Waals surface area contributed by atoms with Gasteiger partial charge in [0.2, 0.25) is 10.0 Å². The Hall–Kier alpha value is -0.130. The van der Waals surface area contributed by atoms with Crippen LogP contribution in [0, 0.1) is 0 Å². The summed E-state index contributed by atoms with van der Waals surface area (Å²) in [5, 5.41) is 3.18. The lowest BCUT2D eigenvalue weighted by molar-refractivity contribution is 0.314. The van der Waals surface area contributed by atoms with Gasteiger partial charge < -0.3 is 5.32 Å². The fraction of sp³-hybridized carbons (Fsp3) is 1.00. The van der Waals surface area contributed by atoms with Crippen LogP contribution in [0.4, 0.5) is 0 Å². The SMILES string of the molecule is CCC1CCCCCN1S(=O)(=O)CCNC(C)C. The molecule has 18 heavy (non-hydrogen) atoms. The van der Waals surface area contributed by atoms with Crippen molar-refractivity contribution in [2.24, 2.45) is 0 Å². The van der Waals surface area contributed by atoms with Crippen LogP contribution in [0.15, 0.2) is 0 Å². The third kappa shape index (κ3) is 4.86. The van der Waals surface area contributed by atoms with Crippen LogP contribution in [0.2, 0.25) is 0 Å². The monoisotopic (exact) mass is 276 g/mol. The smallest absolute Gasteiger partial charge is 0.215 e. The van der Waals surface area contributed by atoms with Crippen LogP contribution in [-0.4, -0.2) is 43.6 Å². The first-order valence-corrected chi connectivity index (χ1v) is 8.81. The zero-order chi connectivity index (χ0) is 13.6. The van der Waals surface area contributed by atoms with Crippen LogP contribution in [0.3, 0.4) is 0 Å². The minimum atomic E-state index is -3.09. The maximum Gasteiger partial charge on any atom is 0.215 e.